The zero-order chi connectivity index (χ0) is 13.6. The molecule has 1 aliphatic rings. The quantitative estimate of drug-likeness (QED) is 0.282. The molecule has 2 rings (SSSR count). The molecule has 1 unspecified atom stereocenters. The Hall–Kier alpha value is -1.33. The number of alkyl halides is 2. The fraction of sp³-hybridized carbons (Fsp3) is 0.364. The average Bonchev–Trinajstić information content (AvgIpc) is 2.80. The van der Waals surface area contributed by atoms with E-state index >= 15 is 0 Å². The van der Waals surface area contributed by atoms with Gasteiger partial charge in [0.2, 0.25) is 0 Å². The summed E-state index contributed by atoms with van der Waals surface area (Å²) in [7, 11) is 0. The van der Waals surface area contributed by atoms with Gasteiger partial charge in [-0.1, -0.05) is 0 Å². The van der Waals surface area contributed by atoms with Crippen LogP contribution in [0, 0.1) is 15.5 Å². The van der Waals surface area contributed by atoms with Gasteiger partial charge in [0.1, 0.15) is 15.5 Å². The maximum absolute atomic E-state index is 11.8. The smallest absolute Gasteiger partial charge is 0.320 e. The van der Waals surface area contributed by atoms with E-state index in [0.29, 0.717) is 6.42 Å². The van der Waals surface area contributed by atoms with Crippen LogP contribution in [0.5, 0.6) is 5.75 Å². The number of ether oxygens (including phenoxy) is 1. The lowest BCUT2D eigenvalue weighted by Crippen LogP contribution is -2.23. The Morgan fingerprint density at radius 1 is 1.39 bits per heavy atom. The van der Waals surface area contributed by atoms with E-state index in [0.717, 1.165) is 0 Å². The molecule has 1 aromatic carbocycles. The zero-order valence-corrected chi connectivity index (χ0v) is 10.9. The van der Waals surface area contributed by atoms with Crippen molar-refractivity contribution in [3.05, 3.63) is 34.4 Å². The summed E-state index contributed by atoms with van der Waals surface area (Å²) in [4.78, 5) is 21.7. The highest BCUT2D eigenvalue weighted by Crippen LogP contribution is 2.64. The standard InChI is InChI=1S/C11H9Cl2NO4/c1-10(6-11(10,12)13)9(15)18-8-4-2-7(3-5-8)14(16)17/h2-5H,6H2,1H3. The van der Waals surface area contributed by atoms with Gasteiger partial charge in [-0.3, -0.25) is 14.9 Å². The number of carbonyl (C=O) groups excluding carboxylic acids is 1. The Labute approximate surface area is 113 Å². The number of non-ortho nitro benzene ring substituents is 1. The van der Waals surface area contributed by atoms with Crippen molar-refractivity contribution in [3.8, 4) is 5.75 Å². The van der Waals surface area contributed by atoms with Crippen LogP contribution in [0.3, 0.4) is 0 Å². The first-order valence-electron chi connectivity index (χ1n) is 5.11. The minimum absolute atomic E-state index is 0.0727. The molecule has 1 fully saturated rings. The molecule has 1 aromatic rings. The number of nitrogens with zero attached hydrogens (tertiary/aromatic N) is 1. The molecule has 0 bridgehead atoms. The lowest BCUT2D eigenvalue weighted by atomic mass is 10.1. The molecule has 0 radical (unpaired) electrons. The first-order chi connectivity index (χ1) is 8.26. The van der Waals surface area contributed by atoms with Crippen LogP contribution in [0.4, 0.5) is 5.69 Å². The van der Waals surface area contributed by atoms with E-state index in [1.807, 2.05) is 0 Å². The van der Waals surface area contributed by atoms with E-state index in [-0.39, 0.29) is 11.4 Å². The van der Waals surface area contributed by atoms with Gasteiger partial charge in [-0.05, 0) is 19.1 Å². The molecule has 0 spiro atoms. The van der Waals surface area contributed by atoms with Gasteiger partial charge >= 0.3 is 5.97 Å². The fourth-order valence-electron chi connectivity index (χ4n) is 1.48. The third-order valence-electron chi connectivity index (χ3n) is 2.97. The summed E-state index contributed by atoms with van der Waals surface area (Å²) < 4.78 is 3.99. The number of halogens is 2. The number of hydrogen-bond acceptors (Lipinski definition) is 4. The highest BCUT2D eigenvalue weighted by atomic mass is 35.5. The Morgan fingerprint density at radius 2 is 1.89 bits per heavy atom. The number of nitro benzene ring substituents is 1. The normalized spacial score (nSPS) is 24.4. The van der Waals surface area contributed by atoms with Crippen molar-refractivity contribution in [2.24, 2.45) is 5.41 Å². The van der Waals surface area contributed by atoms with E-state index in [1.54, 1.807) is 6.92 Å². The van der Waals surface area contributed by atoms with Crippen LogP contribution in [-0.4, -0.2) is 15.2 Å². The molecular formula is C11H9Cl2NO4. The van der Waals surface area contributed by atoms with Gasteiger partial charge in [0.05, 0.1) is 4.92 Å². The topological polar surface area (TPSA) is 69.4 Å². The minimum Gasteiger partial charge on any atom is -0.426 e. The highest BCUT2D eigenvalue weighted by molar-refractivity contribution is 6.53. The van der Waals surface area contributed by atoms with Crippen molar-refractivity contribution in [2.45, 2.75) is 17.7 Å². The predicted octanol–water partition coefficient (Wildman–Crippen LogP) is 3.08. The van der Waals surface area contributed by atoms with Gasteiger partial charge in [0, 0.05) is 18.6 Å². The van der Waals surface area contributed by atoms with Gasteiger partial charge < -0.3 is 4.74 Å². The SMILES string of the molecule is CC1(C(=O)Oc2ccc([N+](=O)[O-])cc2)CC1(Cl)Cl. The van der Waals surface area contributed by atoms with Gasteiger partial charge in [-0.25, -0.2) is 0 Å². The second kappa shape index (κ2) is 4.10. The summed E-state index contributed by atoms with van der Waals surface area (Å²) in [5.74, 6) is -0.316. The zero-order valence-electron chi connectivity index (χ0n) is 9.35. The number of benzene rings is 1. The molecular weight excluding hydrogens is 281 g/mol. The molecule has 96 valence electrons. The van der Waals surface area contributed by atoms with Crippen molar-refractivity contribution in [1.82, 2.24) is 0 Å². The van der Waals surface area contributed by atoms with Crippen molar-refractivity contribution in [3.63, 3.8) is 0 Å². The van der Waals surface area contributed by atoms with Crippen LogP contribution in [-0.2, 0) is 4.79 Å². The van der Waals surface area contributed by atoms with Crippen LogP contribution in [0.2, 0.25) is 0 Å². The van der Waals surface area contributed by atoms with Gasteiger partial charge in [0.25, 0.3) is 5.69 Å². The highest BCUT2D eigenvalue weighted by Gasteiger charge is 2.69. The summed E-state index contributed by atoms with van der Waals surface area (Å²) >= 11 is 11.7. The van der Waals surface area contributed by atoms with Crippen LogP contribution >= 0.6 is 23.2 Å². The molecule has 18 heavy (non-hydrogen) atoms. The first-order valence-corrected chi connectivity index (χ1v) is 5.86. The number of rotatable bonds is 3. The molecule has 1 saturated carbocycles. The molecule has 1 aliphatic carbocycles. The van der Waals surface area contributed by atoms with Crippen LogP contribution in [0.25, 0.3) is 0 Å². The van der Waals surface area contributed by atoms with Crippen LogP contribution in [0.1, 0.15) is 13.3 Å². The third kappa shape index (κ3) is 2.15. The summed E-state index contributed by atoms with van der Waals surface area (Å²) in [6, 6.07) is 5.22. The molecule has 0 N–H and O–H groups in total. The molecule has 0 aliphatic heterocycles. The van der Waals surface area contributed by atoms with E-state index in [9.17, 15) is 14.9 Å². The number of esters is 1. The van der Waals surface area contributed by atoms with Crippen molar-refractivity contribution in [1.29, 1.82) is 0 Å². The molecule has 0 aromatic heterocycles. The minimum atomic E-state index is -1.09. The lowest BCUT2D eigenvalue weighted by Gasteiger charge is -2.11. The number of nitro groups is 1. The molecule has 7 heteroatoms. The second-order valence-electron chi connectivity index (χ2n) is 4.35. The molecule has 5 nitrogen and oxygen atoms in total. The third-order valence-corrected chi connectivity index (χ3v) is 4.07. The van der Waals surface area contributed by atoms with Crippen LogP contribution in [0.15, 0.2) is 24.3 Å². The second-order valence-corrected chi connectivity index (χ2v) is 5.84. The average molecular weight is 290 g/mol. The molecule has 0 saturated heterocycles. The lowest BCUT2D eigenvalue weighted by molar-refractivity contribution is -0.384. The monoisotopic (exact) mass is 289 g/mol. The van der Waals surface area contributed by atoms with Gasteiger partial charge in [0.15, 0.2) is 0 Å². The fourth-order valence-corrected chi connectivity index (χ4v) is 2.17. The maximum Gasteiger partial charge on any atom is 0.320 e. The number of hydrogen-bond donors (Lipinski definition) is 0. The summed E-state index contributed by atoms with van der Waals surface area (Å²) in [6.07, 6.45) is 0.328. The van der Waals surface area contributed by atoms with E-state index < -0.39 is 20.6 Å². The molecule has 1 atom stereocenters. The van der Waals surface area contributed by atoms with E-state index in [2.05, 4.69) is 0 Å². The van der Waals surface area contributed by atoms with E-state index in [4.69, 9.17) is 27.9 Å². The Morgan fingerprint density at radius 3 is 2.28 bits per heavy atom. The van der Waals surface area contributed by atoms with Gasteiger partial charge in [-0.2, -0.15) is 0 Å². The Bertz CT molecular complexity index is 514. The summed E-state index contributed by atoms with van der Waals surface area (Å²) in [6.45, 7) is 1.61. The largest absolute Gasteiger partial charge is 0.426 e. The van der Waals surface area contributed by atoms with Crippen molar-refractivity contribution >= 4 is 34.9 Å². The Kier molecular flexibility index (Phi) is 2.99. The molecule has 0 heterocycles. The predicted molar refractivity (Wildman–Crippen MR) is 65.9 cm³/mol. The van der Waals surface area contributed by atoms with E-state index in [1.165, 1.54) is 24.3 Å². The summed E-state index contributed by atoms with van der Waals surface area (Å²) in [5, 5.41) is 10.5. The molecule has 0 amide bonds. The van der Waals surface area contributed by atoms with Crippen molar-refractivity contribution < 1.29 is 14.5 Å². The van der Waals surface area contributed by atoms with Crippen LogP contribution < -0.4 is 4.74 Å². The maximum atomic E-state index is 11.8. The summed E-state index contributed by atoms with van der Waals surface area (Å²) in [5.41, 5.74) is -0.991. The first kappa shape index (κ1) is 13.1. The number of carbonyl (C=O) groups is 1. The van der Waals surface area contributed by atoms with Gasteiger partial charge in [-0.15, -0.1) is 23.2 Å². The van der Waals surface area contributed by atoms with Crippen molar-refractivity contribution in [2.75, 3.05) is 0 Å². The Balaban J connectivity index is 2.07.